The lowest BCUT2D eigenvalue weighted by Gasteiger charge is -2.17. The summed E-state index contributed by atoms with van der Waals surface area (Å²) >= 11 is 7.26. The summed E-state index contributed by atoms with van der Waals surface area (Å²) in [5, 5.41) is 6.65. The zero-order chi connectivity index (χ0) is 18.7. The maximum absolute atomic E-state index is 13.5. The summed E-state index contributed by atoms with van der Waals surface area (Å²) in [6.07, 6.45) is -0.404. The highest BCUT2D eigenvalue weighted by atomic mass is 35.5. The molecule has 5 nitrogen and oxygen atoms in total. The summed E-state index contributed by atoms with van der Waals surface area (Å²) in [7, 11) is 0. The number of hydrogen-bond acceptors (Lipinski definition) is 5. The molecule has 0 unspecified atom stereocenters. The number of hydrogen-bond donors (Lipinski definition) is 1. The van der Waals surface area contributed by atoms with Crippen LogP contribution in [0.2, 0.25) is 4.34 Å². The van der Waals surface area contributed by atoms with E-state index >= 15 is 0 Å². The summed E-state index contributed by atoms with van der Waals surface area (Å²) in [5.41, 5.74) is 0.666. The van der Waals surface area contributed by atoms with E-state index in [4.69, 9.17) is 21.2 Å². The number of nitrogens with zero attached hydrogens (tertiary/aromatic N) is 1. The molecule has 0 saturated heterocycles. The third kappa shape index (κ3) is 4.50. The van der Waals surface area contributed by atoms with Crippen molar-refractivity contribution in [3.63, 3.8) is 0 Å². The first-order valence-corrected chi connectivity index (χ1v) is 8.98. The monoisotopic (exact) mass is 400 g/mol. The molecule has 1 aromatic heterocycles. The summed E-state index contributed by atoms with van der Waals surface area (Å²) in [6.45, 7) is 1.73. The van der Waals surface area contributed by atoms with E-state index in [9.17, 15) is 13.6 Å². The van der Waals surface area contributed by atoms with Gasteiger partial charge in [0.1, 0.15) is 18.1 Å². The molecule has 2 atom stereocenters. The van der Waals surface area contributed by atoms with E-state index in [1.165, 1.54) is 17.4 Å². The maximum atomic E-state index is 13.5. The van der Waals surface area contributed by atoms with Crippen LogP contribution in [0.4, 0.5) is 8.78 Å². The highest BCUT2D eigenvalue weighted by molar-refractivity contribution is 7.18. The number of benzene rings is 1. The van der Waals surface area contributed by atoms with Gasteiger partial charge in [0.15, 0.2) is 11.6 Å². The molecular formula is C17H15ClF2N2O3S. The third-order valence-corrected chi connectivity index (χ3v) is 4.87. The number of oxime groups is 1. The molecule has 0 fully saturated rings. The standard InChI is InChI=1S/C17H15ClF2N2O3S/c1-9(8-24-13-3-2-10(19)6-11(13)20)21-17(23)14-7-12(22-25-14)15-4-5-16(18)26-15/h2-6,9,14H,7-8H2,1H3,(H,21,23)/t9-,14-/m1/s1. The van der Waals surface area contributed by atoms with Crippen molar-refractivity contribution in [1.82, 2.24) is 5.32 Å². The molecule has 0 radical (unpaired) electrons. The van der Waals surface area contributed by atoms with Crippen molar-refractivity contribution in [3.05, 3.63) is 51.2 Å². The van der Waals surface area contributed by atoms with Crippen LogP contribution in [0.5, 0.6) is 5.75 Å². The molecule has 1 N–H and O–H groups in total. The molecule has 1 amide bonds. The van der Waals surface area contributed by atoms with Crippen molar-refractivity contribution in [2.24, 2.45) is 5.16 Å². The fourth-order valence-corrected chi connectivity index (χ4v) is 3.35. The Labute approximate surface area is 157 Å². The maximum Gasteiger partial charge on any atom is 0.264 e. The number of carbonyl (C=O) groups is 1. The van der Waals surface area contributed by atoms with Crippen molar-refractivity contribution in [2.45, 2.75) is 25.5 Å². The summed E-state index contributed by atoms with van der Waals surface area (Å²) in [5.74, 6) is -1.90. The zero-order valence-corrected chi connectivity index (χ0v) is 15.2. The second kappa shape index (κ2) is 8.01. The van der Waals surface area contributed by atoms with Crippen LogP contribution in [-0.4, -0.2) is 30.4 Å². The van der Waals surface area contributed by atoms with Crippen molar-refractivity contribution >= 4 is 34.6 Å². The van der Waals surface area contributed by atoms with Crippen LogP contribution >= 0.6 is 22.9 Å². The number of thiophene rings is 1. The molecule has 1 aliphatic rings. The highest BCUT2D eigenvalue weighted by Gasteiger charge is 2.30. The van der Waals surface area contributed by atoms with Crippen LogP contribution in [-0.2, 0) is 9.63 Å². The van der Waals surface area contributed by atoms with E-state index in [2.05, 4.69) is 10.5 Å². The van der Waals surface area contributed by atoms with Crippen LogP contribution in [0.1, 0.15) is 18.2 Å². The number of ether oxygens (including phenoxy) is 1. The molecule has 0 bridgehead atoms. The van der Waals surface area contributed by atoms with Crippen LogP contribution in [0, 0.1) is 11.6 Å². The highest BCUT2D eigenvalue weighted by Crippen LogP contribution is 2.26. The molecule has 3 rings (SSSR count). The van der Waals surface area contributed by atoms with Crippen LogP contribution in [0.25, 0.3) is 0 Å². The van der Waals surface area contributed by atoms with Crippen LogP contribution < -0.4 is 10.1 Å². The van der Waals surface area contributed by atoms with Crippen molar-refractivity contribution in [1.29, 1.82) is 0 Å². The van der Waals surface area contributed by atoms with Gasteiger partial charge in [-0.15, -0.1) is 11.3 Å². The van der Waals surface area contributed by atoms with E-state index in [1.54, 1.807) is 13.0 Å². The second-order valence-corrected chi connectivity index (χ2v) is 7.45. The Hall–Kier alpha value is -2.19. The summed E-state index contributed by atoms with van der Waals surface area (Å²) in [4.78, 5) is 18.3. The van der Waals surface area contributed by atoms with Gasteiger partial charge in [0, 0.05) is 12.5 Å². The molecule has 1 aliphatic heterocycles. The van der Waals surface area contributed by atoms with E-state index in [-0.39, 0.29) is 18.3 Å². The van der Waals surface area contributed by atoms with E-state index in [0.717, 1.165) is 17.0 Å². The predicted octanol–water partition coefficient (Wildman–Crippen LogP) is 3.76. The molecule has 0 aliphatic carbocycles. The first-order valence-electron chi connectivity index (χ1n) is 7.79. The van der Waals surface area contributed by atoms with Gasteiger partial charge in [0.25, 0.3) is 5.91 Å². The predicted molar refractivity (Wildman–Crippen MR) is 94.8 cm³/mol. The average molecular weight is 401 g/mol. The molecule has 138 valence electrons. The topological polar surface area (TPSA) is 59.9 Å². The molecule has 0 saturated carbocycles. The van der Waals surface area contributed by atoms with Crippen LogP contribution in [0.15, 0.2) is 35.5 Å². The Morgan fingerprint density at radius 3 is 2.96 bits per heavy atom. The second-order valence-electron chi connectivity index (χ2n) is 5.74. The van der Waals surface area contributed by atoms with E-state index in [1.807, 2.05) is 6.07 Å². The van der Waals surface area contributed by atoms with Crippen LogP contribution in [0.3, 0.4) is 0 Å². The minimum Gasteiger partial charge on any atom is -0.488 e. The zero-order valence-electron chi connectivity index (χ0n) is 13.7. The van der Waals surface area contributed by atoms with Crippen molar-refractivity contribution in [2.75, 3.05) is 6.61 Å². The number of carbonyl (C=O) groups excluding carboxylic acids is 1. The molecule has 26 heavy (non-hydrogen) atoms. The van der Waals surface area contributed by atoms with Gasteiger partial charge in [-0.2, -0.15) is 0 Å². The first-order chi connectivity index (χ1) is 12.4. The number of halogens is 3. The minimum absolute atomic E-state index is 0.0231. The van der Waals surface area contributed by atoms with Gasteiger partial charge in [-0.1, -0.05) is 16.8 Å². The van der Waals surface area contributed by atoms with Gasteiger partial charge in [-0.3, -0.25) is 4.79 Å². The lowest BCUT2D eigenvalue weighted by molar-refractivity contribution is -0.132. The number of amides is 1. The van der Waals surface area contributed by atoms with Gasteiger partial charge in [0.05, 0.1) is 15.3 Å². The summed E-state index contributed by atoms with van der Waals surface area (Å²) < 4.78 is 32.3. The van der Waals surface area contributed by atoms with Gasteiger partial charge in [0.2, 0.25) is 6.10 Å². The third-order valence-electron chi connectivity index (χ3n) is 3.59. The minimum atomic E-state index is -0.796. The molecular weight excluding hydrogens is 386 g/mol. The number of nitrogens with one attached hydrogen (secondary N) is 1. The largest absolute Gasteiger partial charge is 0.488 e. The molecule has 1 aromatic carbocycles. The summed E-state index contributed by atoms with van der Waals surface area (Å²) in [6, 6.07) is 6.21. The fraction of sp³-hybridized carbons (Fsp3) is 0.294. The quantitative estimate of drug-likeness (QED) is 0.803. The average Bonchev–Trinajstić information content (AvgIpc) is 3.23. The Bertz CT molecular complexity index is 843. The smallest absolute Gasteiger partial charge is 0.264 e. The Kier molecular flexibility index (Phi) is 5.73. The van der Waals surface area contributed by atoms with Gasteiger partial charge in [-0.25, -0.2) is 8.78 Å². The van der Waals surface area contributed by atoms with E-state index < -0.39 is 23.8 Å². The first kappa shape index (κ1) is 18.6. The SMILES string of the molecule is C[C@H](COc1ccc(F)cc1F)NC(=O)[C@H]1CC(c2ccc(Cl)s2)=NO1. The molecule has 0 spiro atoms. The van der Waals surface area contributed by atoms with E-state index in [0.29, 0.717) is 16.5 Å². The van der Waals surface area contributed by atoms with Gasteiger partial charge >= 0.3 is 0 Å². The van der Waals surface area contributed by atoms with Crippen molar-refractivity contribution in [3.8, 4) is 5.75 Å². The lowest BCUT2D eigenvalue weighted by Crippen LogP contribution is -2.42. The Balaban J connectivity index is 1.47. The Morgan fingerprint density at radius 2 is 2.27 bits per heavy atom. The normalized spacial score (nSPS) is 17.4. The number of rotatable bonds is 6. The fourth-order valence-electron chi connectivity index (χ4n) is 2.32. The lowest BCUT2D eigenvalue weighted by atomic mass is 10.1. The molecule has 2 aromatic rings. The van der Waals surface area contributed by atoms with Gasteiger partial charge < -0.3 is 14.9 Å². The molecule has 2 heterocycles. The Morgan fingerprint density at radius 1 is 1.46 bits per heavy atom. The van der Waals surface area contributed by atoms with Gasteiger partial charge in [-0.05, 0) is 31.2 Å². The van der Waals surface area contributed by atoms with Crippen molar-refractivity contribution < 1.29 is 23.1 Å². The molecule has 9 heteroatoms.